The van der Waals surface area contributed by atoms with Crippen molar-refractivity contribution >= 4 is 5.97 Å². The van der Waals surface area contributed by atoms with E-state index in [2.05, 4.69) is 0 Å². The Bertz CT molecular complexity index is 1740. The van der Waals surface area contributed by atoms with Crippen molar-refractivity contribution in [3.8, 4) is 0 Å². The van der Waals surface area contributed by atoms with Gasteiger partial charge < -0.3 is 4.74 Å². The van der Waals surface area contributed by atoms with Crippen molar-refractivity contribution in [3.05, 3.63) is 12.2 Å². The van der Waals surface area contributed by atoms with Gasteiger partial charge >= 0.3 is 119 Å². The van der Waals surface area contributed by atoms with E-state index in [-0.39, 0.29) is 0 Å². The Kier molecular flexibility index (Phi) is 13.9. The summed E-state index contributed by atoms with van der Waals surface area (Å²) in [5, 5.41) is 0. The minimum atomic E-state index is -10.5. The molecule has 0 saturated carbocycles. The highest BCUT2D eigenvalue weighted by Gasteiger charge is 3.04. The summed E-state index contributed by atoms with van der Waals surface area (Å²) in [5.74, 6) is -156. The molecule has 0 radical (unpaired) electrons. The van der Waals surface area contributed by atoms with Crippen LogP contribution in [0.15, 0.2) is 12.2 Å². The zero-order valence-corrected chi connectivity index (χ0v) is 27.8. The Morgan fingerprint density at radius 1 is 0.281 bits per heavy atom. The summed E-state index contributed by atoms with van der Waals surface area (Å²) in [7, 11) is 0. The van der Waals surface area contributed by atoms with E-state index in [4.69, 9.17) is 0 Å². The molecular formula is C23H5F39O2. The number of esters is 1. The standard InChI is InChI=1S/C23H5F39O2/c1-3(2)4(63)64-20(53,17(47,48)14(41,42)7(27,28)6(25,26)5(24,21(54,55)56)22(57,58)59)18(49,50)15(43,44)12(37,38)10(33,34)8(29,30)9(31,32)11(35,36)13(39,40)16(45,46)19(51,52)23(60,61)62/h1H2,2H3. The Hall–Kier alpha value is -3.52. The number of halogens is 39. The quantitative estimate of drug-likeness (QED) is 0.0824. The first-order valence-electron chi connectivity index (χ1n) is 13.6. The molecular weight excluding hydrogens is 1050 g/mol. The summed E-state index contributed by atoms with van der Waals surface area (Å²) in [6.45, 7) is 1.27. The van der Waals surface area contributed by atoms with Crippen LogP contribution in [0.2, 0.25) is 0 Å². The molecule has 41 heteroatoms. The monoisotopic (exact) mass is 1050 g/mol. The third-order valence-corrected chi connectivity index (χ3v) is 7.69. The largest absolute Gasteiger partial charge is 0.460 e. The van der Waals surface area contributed by atoms with Crippen LogP contribution in [0.5, 0.6) is 0 Å². The lowest BCUT2D eigenvalue weighted by Crippen LogP contribution is -2.82. The predicted molar refractivity (Wildman–Crippen MR) is 116 cm³/mol. The third-order valence-electron chi connectivity index (χ3n) is 7.69. The summed E-state index contributed by atoms with van der Waals surface area (Å²) in [6, 6.07) is 0. The molecule has 0 aromatic carbocycles. The molecule has 382 valence electrons. The maximum absolute atomic E-state index is 15.3. The van der Waals surface area contributed by atoms with Gasteiger partial charge in [0.2, 0.25) is 0 Å². The molecule has 0 fully saturated rings. The molecule has 1 unspecified atom stereocenters. The lowest BCUT2D eigenvalue weighted by Gasteiger charge is -2.49. The molecule has 0 N–H and O–H groups in total. The molecule has 1 atom stereocenters. The summed E-state index contributed by atoms with van der Waals surface area (Å²) < 4.78 is 537. The minimum Gasteiger partial charge on any atom is -0.413 e. The SMILES string of the molecule is C=C(C)C(=O)OC(F)(C(F)(F)C(F)(F)C(F)(F)C(F)(F)C(F)(F)C(F)(F)C(F)(F)C(F)(F)C(F)(F)C(F)(F)C(F)(F)F)C(F)(F)C(F)(F)C(F)(F)C(F)(F)C(F)(C(F)(F)F)C(F)(F)F. The fourth-order valence-electron chi connectivity index (χ4n) is 3.83. The van der Waals surface area contributed by atoms with Gasteiger partial charge in [0, 0.05) is 5.57 Å². The van der Waals surface area contributed by atoms with Gasteiger partial charge in [-0.25, -0.2) is 9.18 Å². The molecule has 0 bridgehead atoms. The molecule has 0 spiro atoms. The van der Waals surface area contributed by atoms with Crippen molar-refractivity contribution in [3.63, 3.8) is 0 Å². The van der Waals surface area contributed by atoms with Gasteiger partial charge in [-0.05, 0) is 6.92 Å². The van der Waals surface area contributed by atoms with Gasteiger partial charge in [0.05, 0.1) is 0 Å². The summed E-state index contributed by atoms with van der Waals surface area (Å²) in [6.07, 6.45) is -26.5. The van der Waals surface area contributed by atoms with Crippen molar-refractivity contribution in [2.75, 3.05) is 0 Å². The second-order valence-corrected chi connectivity index (χ2v) is 12.0. The van der Waals surface area contributed by atoms with E-state index in [0.717, 1.165) is 0 Å². The number of ether oxygens (including phenoxy) is 1. The first-order valence-corrected chi connectivity index (χ1v) is 13.6. The van der Waals surface area contributed by atoms with Crippen molar-refractivity contribution in [2.24, 2.45) is 0 Å². The number of hydrogen-bond donors (Lipinski definition) is 0. The lowest BCUT2D eigenvalue weighted by atomic mass is 9.80. The van der Waals surface area contributed by atoms with E-state index >= 15 is 4.39 Å². The van der Waals surface area contributed by atoms with Gasteiger partial charge in [0.15, 0.2) is 0 Å². The van der Waals surface area contributed by atoms with Crippen LogP contribution in [-0.4, -0.2) is 119 Å². The Balaban J connectivity index is 8.61. The Labute approximate surface area is 320 Å². The lowest BCUT2D eigenvalue weighted by molar-refractivity contribution is -0.503. The summed E-state index contributed by atoms with van der Waals surface area (Å²) in [4.78, 5) is 11.4. The van der Waals surface area contributed by atoms with Crippen LogP contribution in [-0.2, 0) is 9.53 Å². The van der Waals surface area contributed by atoms with Gasteiger partial charge in [-0.2, -0.15) is 167 Å². The number of rotatable bonds is 17. The van der Waals surface area contributed by atoms with E-state index in [0.29, 0.717) is 0 Å². The molecule has 64 heavy (non-hydrogen) atoms. The van der Waals surface area contributed by atoms with Crippen molar-refractivity contribution in [1.29, 1.82) is 0 Å². The van der Waals surface area contributed by atoms with E-state index in [9.17, 15) is 172 Å². The molecule has 0 heterocycles. The third kappa shape index (κ3) is 6.89. The van der Waals surface area contributed by atoms with Crippen molar-refractivity contribution in [1.82, 2.24) is 0 Å². The highest BCUT2D eigenvalue weighted by atomic mass is 19.5. The van der Waals surface area contributed by atoms with Crippen LogP contribution in [0, 0.1) is 0 Å². The highest BCUT2D eigenvalue weighted by Crippen LogP contribution is 2.71. The maximum atomic E-state index is 15.3. The normalized spacial score (nSPS) is 17.6. The van der Waals surface area contributed by atoms with E-state index in [1.807, 2.05) is 6.58 Å². The Morgan fingerprint density at radius 2 is 0.453 bits per heavy atom. The fraction of sp³-hybridized carbons (Fsp3) is 0.870. The minimum absolute atomic E-state index is 0.544. The van der Waals surface area contributed by atoms with Gasteiger partial charge in [0.25, 0.3) is 0 Å². The van der Waals surface area contributed by atoms with Crippen LogP contribution >= 0.6 is 0 Å². The zero-order valence-electron chi connectivity index (χ0n) is 27.8. The van der Waals surface area contributed by atoms with Crippen LogP contribution in [0.4, 0.5) is 171 Å². The molecule has 0 aliphatic rings. The number of hydrogen-bond acceptors (Lipinski definition) is 2. The molecule has 0 saturated heterocycles. The van der Waals surface area contributed by atoms with Crippen LogP contribution in [0.1, 0.15) is 6.92 Å². The molecule has 0 aromatic rings. The molecule has 0 rings (SSSR count). The summed E-state index contributed by atoms with van der Waals surface area (Å²) in [5.41, 5.74) is -12.1. The van der Waals surface area contributed by atoms with Gasteiger partial charge in [-0.1, -0.05) is 6.58 Å². The highest BCUT2D eigenvalue weighted by molar-refractivity contribution is 5.87. The topological polar surface area (TPSA) is 26.3 Å². The average molecular weight is 1050 g/mol. The van der Waals surface area contributed by atoms with E-state index in [1.54, 1.807) is 4.74 Å². The maximum Gasteiger partial charge on any atom is 0.460 e. The van der Waals surface area contributed by atoms with E-state index in [1.165, 1.54) is 0 Å². The van der Waals surface area contributed by atoms with Crippen LogP contribution < -0.4 is 0 Å². The van der Waals surface area contributed by atoms with Crippen molar-refractivity contribution < 1.29 is 181 Å². The van der Waals surface area contributed by atoms with Gasteiger partial charge in [0.1, 0.15) is 0 Å². The second kappa shape index (κ2) is 14.7. The number of carbonyl (C=O) groups excluding carboxylic acids is 1. The Morgan fingerprint density at radius 3 is 0.625 bits per heavy atom. The smallest absolute Gasteiger partial charge is 0.413 e. The molecule has 0 amide bonds. The number of carbonyl (C=O) groups is 1. The van der Waals surface area contributed by atoms with Crippen molar-refractivity contribution in [2.45, 2.75) is 120 Å². The molecule has 0 aromatic heterocycles. The predicted octanol–water partition coefficient (Wildman–Crippen LogP) is 13.1. The zero-order chi connectivity index (χ0) is 53.4. The average Bonchev–Trinajstić information content (AvgIpc) is 3.04. The first kappa shape index (κ1) is 60.5. The second-order valence-electron chi connectivity index (χ2n) is 12.0. The molecule has 0 aliphatic heterocycles. The van der Waals surface area contributed by atoms with E-state index < -0.39 is 131 Å². The fourth-order valence-corrected chi connectivity index (χ4v) is 3.83. The first-order chi connectivity index (χ1) is 26.8. The summed E-state index contributed by atoms with van der Waals surface area (Å²) >= 11 is 0. The van der Waals surface area contributed by atoms with Crippen LogP contribution in [0.3, 0.4) is 0 Å². The van der Waals surface area contributed by atoms with Gasteiger partial charge in [-0.15, -0.1) is 0 Å². The number of alkyl halides is 39. The van der Waals surface area contributed by atoms with Crippen LogP contribution in [0.25, 0.3) is 0 Å². The molecule has 2 nitrogen and oxygen atoms in total. The van der Waals surface area contributed by atoms with Gasteiger partial charge in [-0.3, -0.25) is 0 Å². The molecule has 0 aliphatic carbocycles.